The molecule has 0 saturated carbocycles. The molecule has 3 nitrogen and oxygen atoms in total. The van der Waals surface area contributed by atoms with E-state index in [1.807, 2.05) is 42.5 Å². The Bertz CT molecular complexity index is 569. The monoisotopic (exact) mass is 288 g/mol. The Morgan fingerprint density at radius 3 is 2.20 bits per heavy atom. The van der Waals surface area contributed by atoms with Gasteiger partial charge in [-0.15, -0.1) is 0 Å². The third-order valence-corrected chi connectivity index (χ3v) is 3.34. The molecule has 0 N–H and O–H groups in total. The Labute approximate surface area is 124 Å². The zero-order valence-corrected chi connectivity index (χ0v) is 12.3. The fourth-order valence-corrected chi connectivity index (χ4v) is 2.08. The van der Waals surface area contributed by atoms with Crippen LogP contribution >= 0.6 is 11.6 Å². The van der Waals surface area contributed by atoms with E-state index < -0.39 is 0 Å². The summed E-state index contributed by atoms with van der Waals surface area (Å²) in [5, 5.41) is 0.659. The van der Waals surface area contributed by atoms with E-state index in [-0.39, 0.29) is 6.03 Å². The van der Waals surface area contributed by atoms with E-state index in [0.717, 1.165) is 11.3 Å². The molecular formula is C16H17ClN2O. The Morgan fingerprint density at radius 1 is 1.00 bits per heavy atom. The molecule has 0 aliphatic heterocycles. The van der Waals surface area contributed by atoms with Crippen LogP contribution in [0.1, 0.15) is 5.56 Å². The molecule has 2 aromatic rings. The second kappa shape index (κ2) is 6.44. The molecule has 4 heteroatoms. The summed E-state index contributed by atoms with van der Waals surface area (Å²) in [6.45, 7) is 0.581. The molecule has 0 saturated heterocycles. The number of hydrogen-bond acceptors (Lipinski definition) is 1. The Morgan fingerprint density at radius 2 is 1.60 bits per heavy atom. The van der Waals surface area contributed by atoms with Crippen LogP contribution in [0.15, 0.2) is 54.6 Å². The molecule has 2 amide bonds. The second-order valence-corrected chi connectivity index (χ2v) is 5.10. The molecule has 0 aromatic heterocycles. The van der Waals surface area contributed by atoms with Crippen molar-refractivity contribution in [2.75, 3.05) is 19.0 Å². The van der Waals surface area contributed by atoms with Crippen LogP contribution in [0.25, 0.3) is 0 Å². The highest BCUT2D eigenvalue weighted by Gasteiger charge is 2.15. The summed E-state index contributed by atoms with van der Waals surface area (Å²) in [7, 11) is 3.55. The fraction of sp³-hybridized carbons (Fsp3) is 0.188. The van der Waals surface area contributed by atoms with Gasteiger partial charge in [-0.3, -0.25) is 4.90 Å². The van der Waals surface area contributed by atoms with Crippen LogP contribution < -0.4 is 4.90 Å². The first-order chi connectivity index (χ1) is 9.58. The summed E-state index contributed by atoms with van der Waals surface area (Å²) in [5.74, 6) is 0. The van der Waals surface area contributed by atoms with Crippen molar-refractivity contribution in [2.24, 2.45) is 0 Å². The SMILES string of the molecule is CN(Cc1ccccc1)C(=O)N(C)c1ccc(Cl)cc1. The van der Waals surface area contributed by atoms with Gasteiger partial charge in [0.25, 0.3) is 0 Å². The fourth-order valence-electron chi connectivity index (χ4n) is 1.96. The van der Waals surface area contributed by atoms with E-state index in [0.29, 0.717) is 11.6 Å². The van der Waals surface area contributed by atoms with Gasteiger partial charge >= 0.3 is 6.03 Å². The maximum Gasteiger partial charge on any atom is 0.324 e. The maximum absolute atomic E-state index is 12.4. The summed E-state index contributed by atoms with van der Waals surface area (Å²) in [6, 6.07) is 17.1. The molecule has 0 radical (unpaired) electrons. The van der Waals surface area contributed by atoms with Gasteiger partial charge in [-0.05, 0) is 29.8 Å². The molecule has 2 aromatic carbocycles. The van der Waals surface area contributed by atoms with Crippen molar-refractivity contribution in [2.45, 2.75) is 6.54 Å². The molecule has 0 fully saturated rings. The lowest BCUT2D eigenvalue weighted by Gasteiger charge is -2.25. The minimum absolute atomic E-state index is 0.0591. The maximum atomic E-state index is 12.4. The summed E-state index contributed by atoms with van der Waals surface area (Å²) in [6.07, 6.45) is 0. The number of carbonyl (C=O) groups excluding carboxylic acids is 1. The van der Waals surface area contributed by atoms with Crippen molar-refractivity contribution in [3.05, 3.63) is 65.2 Å². The van der Waals surface area contributed by atoms with Crippen molar-refractivity contribution < 1.29 is 4.79 Å². The lowest BCUT2D eigenvalue weighted by molar-refractivity contribution is 0.215. The Balaban J connectivity index is 2.04. The van der Waals surface area contributed by atoms with Crippen LogP contribution in [0.2, 0.25) is 5.02 Å². The lowest BCUT2D eigenvalue weighted by Crippen LogP contribution is -2.38. The van der Waals surface area contributed by atoms with E-state index in [4.69, 9.17) is 11.6 Å². The van der Waals surface area contributed by atoms with Gasteiger partial charge in [-0.1, -0.05) is 41.9 Å². The van der Waals surface area contributed by atoms with Crippen molar-refractivity contribution in [3.63, 3.8) is 0 Å². The molecule has 2 rings (SSSR count). The molecule has 0 unspecified atom stereocenters. The summed E-state index contributed by atoms with van der Waals surface area (Å²) < 4.78 is 0. The highest BCUT2D eigenvalue weighted by atomic mass is 35.5. The Kier molecular flexibility index (Phi) is 4.64. The smallest absolute Gasteiger partial charge is 0.323 e. The number of benzene rings is 2. The number of nitrogens with zero attached hydrogens (tertiary/aromatic N) is 2. The third kappa shape index (κ3) is 3.52. The van der Waals surface area contributed by atoms with Crippen LogP contribution in [-0.2, 0) is 6.54 Å². The zero-order valence-electron chi connectivity index (χ0n) is 11.6. The molecular weight excluding hydrogens is 272 g/mol. The normalized spacial score (nSPS) is 10.2. The molecule has 0 atom stereocenters. The first kappa shape index (κ1) is 14.4. The predicted octanol–water partition coefficient (Wildman–Crippen LogP) is 4.03. The van der Waals surface area contributed by atoms with Gasteiger partial charge in [0.15, 0.2) is 0 Å². The molecule has 0 spiro atoms. The number of hydrogen-bond donors (Lipinski definition) is 0. The van der Waals surface area contributed by atoms with E-state index >= 15 is 0 Å². The van der Waals surface area contributed by atoms with Gasteiger partial charge < -0.3 is 4.90 Å². The van der Waals surface area contributed by atoms with Gasteiger partial charge in [0.1, 0.15) is 0 Å². The topological polar surface area (TPSA) is 23.6 Å². The van der Waals surface area contributed by atoms with Gasteiger partial charge in [0, 0.05) is 31.4 Å². The standard InChI is InChI=1S/C16H17ClN2O/c1-18(12-13-6-4-3-5-7-13)16(20)19(2)15-10-8-14(17)9-11-15/h3-11H,12H2,1-2H3. The molecule has 0 aliphatic carbocycles. The van der Waals surface area contributed by atoms with Crippen molar-refractivity contribution in [1.82, 2.24) is 4.90 Å². The van der Waals surface area contributed by atoms with Crippen LogP contribution in [-0.4, -0.2) is 25.0 Å². The van der Waals surface area contributed by atoms with E-state index in [1.54, 1.807) is 36.0 Å². The minimum Gasteiger partial charge on any atom is -0.323 e. The van der Waals surface area contributed by atoms with Crippen molar-refractivity contribution >= 4 is 23.3 Å². The predicted molar refractivity (Wildman–Crippen MR) is 83.2 cm³/mol. The Hall–Kier alpha value is -2.00. The molecule has 104 valence electrons. The van der Waals surface area contributed by atoms with Crippen molar-refractivity contribution in [3.8, 4) is 0 Å². The van der Waals surface area contributed by atoms with Gasteiger partial charge in [-0.2, -0.15) is 0 Å². The highest BCUT2D eigenvalue weighted by molar-refractivity contribution is 6.30. The third-order valence-electron chi connectivity index (χ3n) is 3.09. The number of rotatable bonds is 3. The molecule has 0 bridgehead atoms. The van der Waals surface area contributed by atoms with E-state index in [9.17, 15) is 4.79 Å². The summed E-state index contributed by atoms with van der Waals surface area (Å²) in [4.78, 5) is 15.6. The van der Waals surface area contributed by atoms with Crippen LogP contribution in [0.3, 0.4) is 0 Å². The number of amides is 2. The minimum atomic E-state index is -0.0591. The average molecular weight is 289 g/mol. The van der Waals surface area contributed by atoms with Crippen LogP contribution in [0.5, 0.6) is 0 Å². The molecule has 20 heavy (non-hydrogen) atoms. The van der Waals surface area contributed by atoms with Gasteiger partial charge in [0.2, 0.25) is 0 Å². The second-order valence-electron chi connectivity index (χ2n) is 4.66. The van der Waals surface area contributed by atoms with Crippen LogP contribution in [0.4, 0.5) is 10.5 Å². The van der Waals surface area contributed by atoms with Crippen molar-refractivity contribution in [1.29, 1.82) is 0 Å². The summed E-state index contributed by atoms with van der Waals surface area (Å²) in [5.41, 5.74) is 1.92. The number of anilines is 1. The molecule has 0 aliphatic rings. The summed E-state index contributed by atoms with van der Waals surface area (Å²) >= 11 is 5.85. The average Bonchev–Trinajstić information content (AvgIpc) is 2.47. The largest absolute Gasteiger partial charge is 0.324 e. The van der Waals surface area contributed by atoms with Gasteiger partial charge in [-0.25, -0.2) is 4.79 Å². The first-order valence-electron chi connectivity index (χ1n) is 6.36. The highest BCUT2D eigenvalue weighted by Crippen LogP contribution is 2.18. The number of urea groups is 1. The van der Waals surface area contributed by atoms with E-state index in [2.05, 4.69) is 0 Å². The number of carbonyl (C=O) groups is 1. The van der Waals surface area contributed by atoms with E-state index in [1.165, 1.54) is 0 Å². The lowest BCUT2D eigenvalue weighted by atomic mass is 10.2. The van der Waals surface area contributed by atoms with Gasteiger partial charge in [0.05, 0.1) is 0 Å². The van der Waals surface area contributed by atoms with Crippen LogP contribution in [0, 0.1) is 0 Å². The zero-order chi connectivity index (χ0) is 14.5. The number of halogens is 1. The quantitative estimate of drug-likeness (QED) is 0.836. The molecule has 0 heterocycles. The first-order valence-corrected chi connectivity index (χ1v) is 6.74.